The summed E-state index contributed by atoms with van der Waals surface area (Å²) < 4.78 is 18.7. The first kappa shape index (κ1) is 11.8. The fraction of sp³-hybridized carbons (Fsp3) is 0.385. The van der Waals surface area contributed by atoms with Crippen molar-refractivity contribution in [3.8, 4) is 5.88 Å². The van der Waals surface area contributed by atoms with E-state index in [1.54, 1.807) is 6.07 Å². The molecular formula is C13H15FN2O. The Kier molecular flexibility index (Phi) is 3.22. The van der Waals surface area contributed by atoms with Crippen LogP contribution in [0.15, 0.2) is 18.2 Å². The highest BCUT2D eigenvalue weighted by atomic mass is 19.1. The highest BCUT2D eigenvalue weighted by molar-refractivity contribution is 5.74. The molecule has 1 heterocycles. The third kappa shape index (κ3) is 2.52. The Morgan fingerprint density at radius 1 is 1.24 bits per heavy atom. The standard InChI is InChI=1S/C13H15FN2O/c1-4-10-13(17-8(2)3)16-12-7-9(14)5-6-11(12)15-10/h5-8H,4H2,1-3H3. The average molecular weight is 234 g/mol. The summed E-state index contributed by atoms with van der Waals surface area (Å²) in [4.78, 5) is 8.76. The molecule has 0 spiro atoms. The third-order valence-electron chi connectivity index (χ3n) is 2.34. The summed E-state index contributed by atoms with van der Waals surface area (Å²) in [6.07, 6.45) is 0.767. The molecule has 0 aliphatic carbocycles. The number of hydrogen-bond donors (Lipinski definition) is 0. The van der Waals surface area contributed by atoms with Crippen molar-refractivity contribution in [2.45, 2.75) is 33.3 Å². The number of hydrogen-bond acceptors (Lipinski definition) is 3. The van der Waals surface area contributed by atoms with Crippen LogP contribution in [0.1, 0.15) is 26.5 Å². The SMILES string of the molecule is CCc1nc2ccc(F)cc2nc1OC(C)C. The molecule has 2 rings (SSSR count). The van der Waals surface area contributed by atoms with E-state index in [1.807, 2.05) is 20.8 Å². The summed E-state index contributed by atoms with van der Waals surface area (Å²) in [5.74, 6) is 0.187. The number of halogens is 1. The Morgan fingerprint density at radius 3 is 2.65 bits per heavy atom. The molecule has 0 N–H and O–H groups in total. The molecule has 2 aromatic rings. The van der Waals surface area contributed by atoms with Crippen LogP contribution < -0.4 is 4.74 Å². The average Bonchev–Trinajstić information content (AvgIpc) is 2.27. The Morgan fingerprint density at radius 2 is 2.00 bits per heavy atom. The lowest BCUT2D eigenvalue weighted by Crippen LogP contribution is -2.10. The van der Waals surface area contributed by atoms with Crippen LogP contribution in [-0.2, 0) is 6.42 Å². The lowest BCUT2D eigenvalue weighted by molar-refractivity contribution is 0.230. The lowest BCUT2D eigenvalue weighted by atomic mass is 10.2. The van der Waals surface area contributed by atoms with E-state index in [-0.39, 0.29) is 11.9 Å². The maximum absolute atomic E-state index is 13.1. The number of aryl methyl sites for hydroxylation is 1. The number of ether oxygens (including phenoxy) is 1. The van der Waals surface area contributed by atoms with Gasteiger partial charge in [0.05, 0.1) is 17.1 Å². The van der Waals surface area contributed by atoms with Gasteiger partial charge >= 0.3 is 0 Å². The molecule has 0 atom stereocenters. The highest BCUT2D eigenvalue weighted by Gasteiger charge is 2.10. The summed E-state index contributed by atoms with van der Waals surface area (Å²) in [5, 5.41) is 0. The third-order valence-corrected chi connectivity index (χ3v) is 2.34. The summed E-state index contributed by atoms with van der Waals surface area (Å²) in [6.45, 7) is 5.85. The maximum Gasteiger partial charge on any atom is 0.236 e. The fourth-order valence-corrected chi connectivity index (χ4v) is 1.60. The Balaban J connectivity index is 2.57. The molecule has 0 saturated heterocycles. The largest absolute Gasteiger partial charge is 0.474 e. The molecule has 0 aliphatic heterocycles. The molecule has 0 saturated carbocycles. The van der Waals surface area contributed by atoms with Crippen LogP contribution >= 0.6 is 0 Å². The normalized spacial score (nSPS) is 11.1. The van der Waals surface area contributed by atoms with E-state index < -0.39 is 0 Å². The van der Waals surface area contributed by atoms with Gasteiger partial charge in [0.25, 0.3) is 0 Å². The zero-order valence-corrected chi connectivity index (χ0v) is 10.2. The van der Waals surface area contributed by atoms with E-state index in [0.29, 0.717) is 16.9 Å². The van der Waals surface area contributed by atoms with Gasteiger partial charge < -0.3 is 4.74 Å². The van der Waals surface area contributed by atoms with Crippen molar-refractivity contribution in [1.82, 2.24) is 9.97 Å². The van der Waals surface area contributed by atoms with Gasteiger partial charge in [-0.05, 0) is 32.4 Å². The molecule has 0 radical (unpaired) electrons. The van der Waals surface area contributed by atoms with E-state index in [4.69, 9.17) is 4.74 Å². The van der Waals surface area contributed by atoms with Gasteiger partial charge in [0.2, 0.25) is 5.88 Å². The number of benzene rings is 1. The van der Waals surface area contributed by atoms with Gasteiger partial charge in [-0.25, -0.2) is 14.4 Å². The van der Waals surface area contributed by atoms with Gasteiger partial charge in [-0.2, -0.15) is 0 Å². The number of nitrogens with zero attached hydrogens (tertiary/aromatic N) is 2. The summed E-state index contributed by atoms with van der Waals surface area (Å²) in [5.41, 5.74) is 2.02. The molecule has 17 heavy (non-hydrogen) atoms. The first-order valence-corrected chi connectivity index (χ1v) is 5.73. The molecule has 4 heteroatoms. The van der Waals surface area contributed by atoms with Gasteiger partial charge in [0.15, 0.2) is 0 Å². The molecule has 0 bridgehead atoms. The van der Waals surface area contributed by atoms with Crippen molar-refractivity contribution in [3.05, 3.63) is 29.7 Å². The first-order chi connectivity index (χ1) is 8.10. The van der Waals surface area contributed by atoms with Crippen LogP contribution in [0.2, 0.25) is 0 Å². The van der Waals surface area contributed by atoms with E-state index in [1.165, 1.54) is 12.1 Å². The van der Waals surface area contributed by atoms with E-state index in [0.717, 1.165) is 12.1 Å². The summed E-state index contributed by atoms with van der Waals surface area (Å²) >= 11 is 0. The van der Waals surface area contributed by atoms with Gasteiger partial charge in [0, 0.05) is 6.07 Å². The Labute approximate surface area is 99.7 Å². The van der Waals surface area contributed by atoms with Crippen molar-refractivity contribution in [2.75, 3.05) is 0 Å². The van der Waals surface area contributed by atoms with Gasteiger partial charge in [-0.15, -0.1) is 0 Å². The molecule has 0 amide bonds. The van der Waals surface area contributed by atoms with Crippen molar-refractivity contribution < 1.29 is 9.13 Å². The van der Waals surface area contributed by atoms with Gasteiger partial charge in [-0.1, -0.05) is 6.92 Å². The van der Waals surface area contributed by atoms with E-state index in [2.05, 4.69) is 9.97 Å². The smallest absolute Gasteiger partial charge is 0.236 e. The fourth-order valence-electron chi connectivity index (χ4n) is 1.60. The molecule has 0 aliphatic rings. The highest BCUT2D eigenvalue weighted by Crippen LogP contribution is 2.21. The molecule has 90 valence electrons. The number of fused-ring (bicyclic) bond motifs is 1. The van der Waals surface area contributed by atoms with Crippen LogP contribution in [0.5, 0.6) is 5.88 Å². The van der Waals surface area contributed by atoms with Crippen molar-refractivity contribution in [1.29, 1.82) is 0 Å². The van der Waals surface area contributed by atoms with Gasteiger partial charge in [0.1, 0.15) is 11.5 Å². The van der Waals surface area contributed by atoms with Crippen LogP contribution in [0.3, 0.4) is 0 Å². The summed E-state index contributed by atoms with van der Waals surface area (Å²) in [6, 6.07) is 4.39. The van der Waals surface area contributed by atoms with Crippen LogP contribution in [0.4, 0.5) is 4.39 Å². The predicted molar refractivity (Wildman–Crippen MR) is 64.6 cm³/mol. The van der Waals surface area contributed by atoms with Crippen molar-refractivity contribution in [3.63, 3.8) is 0 Å². The summed E-state index contributed by atoms with van der Waals surface area (Å²) in [7, 11) is 0. The predicted octanol–water partition coefficient (Wildman–Crippen LogP) is 3.12. The minimum atomic E-state index is -0.313. The lowest BCUT2D eigenvalue weighted by Gasteiger charge is -2.12. The minimum absolute atomic E-state index is 0.0283. The zero-order chi connectivity index (χ0) is 12.4. The van der Waals surface area contributed by atoms with Gasteiger partial charge in [-0.3, -0.25) is 0 Å². The van der Waals surface area contributed by atoms with Crippen molar-refractivity contribution >= 4 is 11.0 Å². The molecule has 1 aromatic carbocycles. The second-order valence-corrected chi connectivity index (χ2v) is 4.13. The number of aromatic nitrogens is 2. The molecule has 0 unspecified atom stereocenters. The Bertz CT molecular complexity index is 540. The first-order valence-electron chi connectivity index (χ1n) is 5.73. The van der Waals surface area contributed by atoms with E-state index in [9.17, 15) is 4.39 Å². The zero-order valence-electron chi connectivity index (χ0n) is 10.2. The molecule has 0 fully saturated rings. The van der Waals surface area contributed by atoms with Crippen LogP contribution in [0, 0.1) is 5.82 Å². The Hall–Kier alpha value is -1.71. The van der Waals surface area contributed by atoms with E-state index >= 15 is 0 Å². The number of rotatable bonds is 3. The quantitative estimate of drug-likeness (QED) is 0.818. The van der Waals surface area contributed by atoms with Crippen molar-refractivity contribution in [2.24, 2.45) is 0 Å². The molecule has 1 aromatic heterocycles. The second-order valence-electron chi connectivity index (χ2n) is 4.13. The monoisotopic (exact) mass is 234 g/mol. The second kappa shape index (κ2) is 4.65. The maximum atomic E-state index is 13.1. The molecular weight excluding hydrogens is 219 g/mol. The van der Waals surface area contributed by atoms with Crippen LogP contribution in [-0.4, -0.2) is 16.1 Å². The topological polar surface area (TPSA) is 35.0 Å². The molecule has 3 nitrogen and oxygen atoms in total. The minimum Gasteiger partial charge on any atom is -0.474 e. The van der Waals surface area contributed by atoms with Crippen LogP contribution in [0.25, 0.3) is 11.0 Å².